The van der Waals surface area contributed by atoms with Crippen LogP contribution in [0.2, 0.25) is 0 Å². The molecule has 7 heteroatoms. The minimum atomic E-state index is -0.608. The number of hydrogen-bond acceptors (Lipinski definition) is 4. The molecule has 0 saturated carbocycles. The van der Waals surface area contributed by atoms with E-state index >= 15 is 0 Å². The van der Waals surface area contributed by atoms with E-state index in [1.807, 2.05) is 6.92 Å². The summed E-state index contributed by atoms with van der Waals surface area (Å²) in [6.45, 7) is 3.83. The van der Waals surface area contributed by atoms with Crippen LogP contribution in [0.25, 0.3) is 0 Å². The number of nitrogens with one attached hydrogen (secondary N) is 2. The van der Waals surface area contributed by atoms with E-state index < -0.39 is 11.2 Å². The Balaban J connectivity index is 2.48. The molecule has 0 radical (unpaired) electrons. The van der Waals surface area contributed by atoms with Gasteiger partial charge in [0.2, 0.25) is 0 Å². The van der Waals surface area contributed by atoms with Crippen molar-refractivity contribution in [2.24, 2.45) is 4.99 Å². The Morgan fingerprint density at radius 2 is 2.05 bits per heavy atom. The second-order valence-electron chi connectivity index (χ2n) is 4.11. The van der Waals surface area contributed by atoms with Gasteiger partial charge in [-0.25, -0.2) is 4.79 Å². The molecule has 20 heavy (non-hydrogen) atoms. The van der Waals surface area contributed by atoms with Gasteiger partial charge < -0.3 is 4.98 Å². The molecule has 1 saturated heterocycles. The summed E-state index contributed by atoms with van der Waals surface area (Å²) in [4.78, 5) is 44.8. The first kappa shape index (κ1) is 13.7. The number of rotatable bonds is 2. The van der Waals surface area contributed by atoms with Crippen LogP contribution >= 0.6 is 0 Å². The maximum atomic E-state index is 12.3. The summed E-state index contributed by atoms with van der Waals surface area (Å²) in [5.41, 5.74) is 0.126. The number of allylic oxidation sites excluding steroid dienone is 1. The molecule has 7 nitrogen and oxygen atoms in total. The number of carbonyl (C=O) groups excluding carboxylic acids is 1. The highest BCUT2D eigenvalue weighted by Gasteiger charge is 2.32. The number of aliphatic imine (C=N–C) groups is 1. The maximum absolute atomic E-state index is 12.3. The standard InChI is InChI=1S/C13H14N4O3/c1-3-8-7-17(12(19)9(8)5-14-4-2)10-6-15-13(20)16-11(10)18/h3-6H,7H2,1-2H3,(H2,15,16,18,20)/b8-3-,9-5+,14-4?. The molecule has 0 aliphatic carbocycles. The lowest BCUT2D eigenvalue weighted by Crippen LogP contribution is -2.33. The van der Waals surface area contributed by atoms with E-state index in [1.54, 1.807) is 19.2 Å². The van der Waals surface area contributed by atoms with Gasteiger partial charge in [0.1, 0.15) is 5.69 Å². The van der Waals surface area contributed by atoms with Crippen LogP contribution < -0.4 is 16.1 Å². The highest BCUT2D eigenvalue weighted by molar-refractivity contribution is 6.12. The van der Waals surface area contributed by atoms with Gasteiger partial charge in [-0.2, -0.15) is 0 Å². The van der Waals surface area contributed by atoms with Crippen LogP contribution in [0.3, 0.4) is 0 Å². The van der Waals surface area contributed by atoms with Crippen molar-refractivity contribution in [3.05, 3.63) is 50.5 Å². The first-order valence-electron chi connectivity index (χ1n) is 6.06. The average Bonchev–Trinajstić information content (AvgIpc) is 2.73. The molecule has 1 aromatic rings. The summed E-state index contributed by atoms with van der Waals surface area (Å²) in [6, 6.07) is 0. The zero-order chi connectivity index (χ0) is 14.7. The molecule has 0 atom stereocenters. The summed E-state index contributed by atoms with van der Waals surface area (Å²) in [5, 5.41) is 0. The van der Waals surface area contributed by atoms with Crippen molar-refractivity contribution in [1.29, 1.82) is 0 Å². The minimum absolute atomic E-state index is 0.109. The number of aromatic amines is 2. The third-order valence-electron chi connectivity index (χ3n) is 2.94. The minimum Gasteiger partial charge on any atom is -0.312 e. The van der Waals surface area contributed by atoms with Gasteiger partial charge in [0.05, 0.1) is 12.1 Å². The summed E-state index contributed by atoms with van der Waals surface area (Å²) < 4.78 is 0. The van der Waals surface area contributed by atoms with E-state index in [9.17, 15) is 14.4 Å². The molecule has 2 N–H and O–H groups in total. The maximum Gasteiger partial charge on any atom is 0.325 e. The van der Waals surface area contributed by atoms with Gasteiger partial charge in [-0.05, 0) is 19.4 Å². The quantitative estimate of drug-likeness (QED) is 0.600. The lowest BCUT2D eigenvalue weighted by molar-refractivity contribution is -0.114. The van der Waals surface area contributed by atoms with Gasteiger partial charge >= 0.3 is 5.69 Å². The molecule has 0 aromatic carbocycles. The molecule has 2 rings (SSSR count). The van der Waals surface area contributed by atoms with Crippen LogP contribution in [0.5, 0.6) is 0 Å². The molecular weight excluding hydrogens is 260 g/mol. The van der Waals surface area contributed by atoms with Crippen LogP contribution in [0.1, 0.15) is 13.8 Å². The highest BCUT2D eigenvalue weighted by atomic mass is 16.2. The Kier molecular flexibility index (Phi) is 3.79. The highest BCUT2D eigenvalue weighted by Crippen LogP contribution is 2.26. The third kappa shape index (κ3) is 2.37. The predicted molar refractivity (Wildman–Crippen MR) is 76.0 cm³/mol. The van der Waals surface area contributed by atoms with Crippen molar-refractivity contribution in [3.8, 4) is 0 Å². The van der Waals surface area contributed by atoms with Gasteiger partial charge in [-0.3, -0.25) is 24.5 Å². The van der Waals surface area contributed by atoms with Crippen molar-refractivity contribution in [2.45, 2.75) is 13.8 Å². The van der Waals surface area contributed by atoms with Crippen LogP contribution in [-0.2, 0) is 4.79 Å². The lowest BCUT2D eigenvalue weighted by Gasteiger charge is -2.12. The van der Waals surface area contributed by atoms with E-state index in [-0.39, 0.29) is 18.1 Å². The van der Waals surface area contributed by atoms with E-state index in [0.717, 1.165) is 5.57 Å². The van der Waals surface area contributed by atoms with Gasteiger partial charge in [0.15, 0.2) is 0 Å². The molecule has 0 unspecified atom stereocenters. The Morgan fingerprint density at radius 3 is 2.65 bits per heavy atom. The Morgan fingerprint density at radius 1 is 1.30 bits per heavy atom. The van der Waals surface area contributed by atoms with Crippen LogP contribution in [-0.4, -0.2) is 28.6 Å². The van der Waals surface area contributed by atoms with Crippen molar-refractivity contribution in [2.75, 3.05) is 11.4 Å². The smallest absolute Gasteiger partial charge is 0.312 e. The fourth-order valence-corrected chi connectivity index (χ4v) is 1.94. The number of hydrogen-bond donors (Lipinski definition) is 2. The summed E-state index contributed by atoms with van der Waals surface area (Å²) in [6.07, 6.45) is 6.08. The predicted octanol–water partition coefficient (Wildman–Crippen LogP) is 0.331. The number of aromatic nitrogens is 2. The lowest BCUT2D eigenvalue weighted by atomic mass is 10.1. The number of anilines is 1. The molecule has 1 fully saturated rings. The fraction of sp³-hybridized carbons (Fsp3) is 0.231. The average molecular weight is 274 g/mol. The molecule has 2 heterocycles. The second-order valence-corrected chi connectivity index (χ2v) is 4.11. The van der Waals surface area contributed by atoms with E-state index in [4.69, 9.17) is 0 Å². The molecule has 0 spiro atoms. The zero-order valence-corrected chi connectivity index (χ0v) is 11.1. The molecule has 1 aromatic heterocycles. The van der Waals surface area contributed by atoms with Gasteiger partial charge in [0, 0.05) is 18.6 Å². The number of nitrogens with zero attached hydrogens (tertiary/aromatic N) is 2. The van der Waals surface area contributed by atoms with Crippen molar-refractivity contribution >= 4 is 17.8 Å². The second kappa shape index (κ2) is 5.52. The first-order valence-corrected chi connectivity index (χ1v) is 6.06. The SMILES string of the molecule is CC=N/C=C1/C(=O)N(c2c[nH]c(=O)[nH]c2=O)C/C1=C/C. The zero-order valence-electron chi connectivity index (χ0n) is 11.1. The van der Waals surface area contributed by atoms with Crippen molar-refractivity contribution in [1.82, 2.24) is 9.97 Å². The number of H-pyrrole nitrogens is 2. The van der Waals surface area contributed by atoms with Crippen LogP contribution in [0, 0.1) is 0 Å². The van der Waals surface area contributed by atoms with Crippen molar-refractivity contribution < 1.29 is 4.79 Å². The molecule has 1 aliphatic rings. The molecule has 0 bridgehead atoms. The molecule has 104 valence electrons. The first-order chi connectivity index (χ1) is 9.58. The summed E-state index contributed by atoms with van der Waals surface area (Å²) >= 11 is 0. The Hall–Kier alpha value is -2.70. The summed E-state index contributed by atoms with van der Waals surface area (Å²) in [7, 11) is 0. The van der Waals surface area contributed by atoms with Gasteiger partial charge in [-0.15, -0.1) is 0 Å². The number of carbonyl (C=O) groups is 1. The van der Waals surface area contributed by atoms with Crippen LogP contribution in [0.15, 0.2) is 44.2 Å². The Bertz CT molecular complexity index is 736. The van der Waals surface area contributed by atoms with Crippen LogP contribution in [0.4, 0.5) is 5.69 Å². The van der Waals surface area contributed by atoms with E-state index in [2.05, 4.69) is 15.0 Å². The topological polar surface area (TPSA) is 98.4 Å². The third-order valence-corrected chi connectivity index (χ3v) is 2.94. The molecule has 1 aliphatic heterocycles. The van der Waals surface area contributed by atoms with Gasteiger partial charge in [0.25, 0.3) is 11.5 Å². The monoisotopic (exact) mass is 274 g/mol. The number of amides is 1. The summed E-state index contributed by atoms with van der Waals surface area (Å²) in [5.74, 6) is -0.318. The Labute approximate surface area is 114 Å². The largest absolute Gasteiger partial charge is 0.325 e. The fourth-order valence-electron chi connectivity index (χ4n) is 1.94. The van der Waals surface area contributed by atoms with Crippen molar-refractivity contribution in [3.63, 3.8) is 0 Å². The molecular formula is C13H14N4O3. The van der Waals surface area contributed by atoms with E-state index in [1.165, 1.54) is 17.3 Å². The normalized spacial score (nSPS) is 19.7. The van der Waals surface area contributed by atoms with Gasteiger partial charge in [-0.1, -0.05) is 6.08 Å². The van der Waals surface area contributed by atoms with E-state index in [0.29, 0.717) is 5.57 Å². The molecule has 1 amide bonds.